The lowest BCUT2D eigenvalue weighted by atomic mass is 10.1. The highest BCUT2D eigenvalue weighted by molar-refractivity contribution is 5.29. The van der Waals surface area contributed by atoms with Crippen molar-refractivity contribution in [1.29, 1.82) is 0 Å². The fourth-order valence-corrected chi connectivity index (χ4v) is 2.10. The third kappa shape index (κ3) is 6.78. The number of unbranched alkanes of at least 4 members (excludes halogenated alkanes) is 1. The van der Waals surface area contributed by atoms with E-state index < -0.39 is 6.10 Å². The van der Waals surface area contributed by atoms with E-state index in [0.29, 0.717) is 13.2 Å². The van der Waals surface area contributed by atoms with Gasteiger partial charge in [-0.1, -0.05) is 39.0 Å². The van der Waals surface area contributed by atoms with Gasteiger partial charge in [0.1, 0.15) is 12.4 Å². The molecule has 0 amide bonds. The summed E-state index contributed by atoms with van der Waals surface area (Å²) in [7, 11) is 0. The molecule has 1 atom stereocenters. The van der Waals surface area contributed by atoms with Crippen molar-refractivity contribution >= 4 is 0 Å². The first-order valence-corrected chi connectivity index (χ1v) is 7.84. The number of benzene rings is 1. The number of rotatable bonds is 10. The topological polar surface area (TPSA) is 32.7 Å². The van der Waals surface area contributed by atoms with Crippen LogP contribution in [0.25, 0.3) is 0 Å². The zero-order valence-electron chi connectivity index (χ0n) is 13.6. The van der Waals surface area contributed by atoms with Crippen molar-refractivity contribution in [2.24, 2.45) is 0 Å². The van der Waals surface area contributed by atoms with Crippen molar-refractivity contribution in [2.45, 2.75) is 39.7 Å². The summed E-state index contributed by atoms with van der Waals surface area (Å²) >= 11 is 0. The predicted molar refractivity (Wildman–Crippen MR) is 88.7 cm³/mol. The Morgan fingerprint density at radius 3 is 2.48 bits per heavy atom. The maximum Gasteiger partial charge on any atom is 0.119 e. The lowest BCUT2D eigenvalue weighted by Crippen LogP contribution is -2.29. The molecule has 1 aromatic rings. The third-order valence-electron chi connectivity index (χ3n) is 3.46. The molecule has 21 heavy (non-hydrogen) atoms. The van der Waals surface area contributed by atoms with Crippen LogP contribution in [0.5, 0.6) is 5.75 Å². The summed E-state index contributed by atoms with van der Waals surface area (Å²) < 4.78 is 5.57. The molecule has 0 heterocycles. The molecule has 0 aliphatic rings. The van der Waals surface area contributed by atoms with E-state index in [-0.39, 0.29) is 0 Å². The van der Waals surface area contributed by atoms with Crippen LogP contribution in [0, 0.1) is 0 Å². The van der Waals surface area contributed by atoms with E-state index in [1.165, 1.54) is 12.8 Å². The molecule has 0 saturated heterocycles. The fourth-order valence-electron chi connectivity index (χ4n) is 2.10. The highest BCUT2D eigenvalue weighted by atomic mass is 16.5. The Morgan fingerprint density at radius 1 is 1.29 bits per heavy atom. The SMILES string of the molecule is C=C(C)COc1ccc(C(O)CN(CC)CCCC)cc1. The third-order valence-corrected chi connectivity index (χ3v) is 3.46. The van der Waals surface area contributed by atoms with Crippen molar-refractivity contribution in [2.75, 3.05) is 26.2 Å². The molecule has 0 spiro atoms. The summed E-state index contributed by atoms with van der Waals surface area (Å²) in [6, 6.07) is 7.69. The quantitative estimate of drug-likeness (QED) is 0.666. The summed E-state index contributed by atoms with van der Waals surface area (Å²) in [6.07, 6.45) is 1.91. The summed E-state index contributed by atoms with van der Waals surface area (Å²) in [5.41, 5.74) is 1.93. The normalized spacial score (nSPS) is 12.4. The molecule has 1 rings (SSSR count). The monoisotopic (exact) mass is 291 g/mol. The minimum absolute atomic E-state index is 0.447. The maximum absolute atomic E-state index is 10.3. The Hall–Kier alpha value is -1.32. The molecule has 3 heteroatoms. The van der Waals surface area contributed by atoms with Crippen LogP contribution in [-0.4, -0.2) is 36.2 Å². The largest absolute Gasteiger partial charge is 0.489 e. The fraction of sp³-hybridized carbons (Fsp3) is 0.556. The first-order valence-electron chi connectivity index (χ1n) is 7.84. The van der Waals surface area contributed by atoms with Crippen molar-refractivity contribution in [1.82, 2.24) is 4.90 Å². The molecule has 118 valence electrons. The molecule has 0 radical (unpaired) electrons. The second kappa shape index (κ2) is 9.59. The second-order valence-electron chi connectivity index (χ2n) is 5.58. The van der Waals surface area contributed by atoms with Gasteiger partial charge in [-0.25, -0.2) is 0 Å². The Balaban J connectivity index is 2.53. The molecule has 0 bridgehead atoms. The minimum atomic E-state index is -0.447. The van der Waals surface area contributed by atoms with E-state index >= 15 is 0 Å². The molecule has 1 N–H and O–H groups in total. The number of ether oxygens (including phenoxy) is 1. The lowest BCUT2D eigenvalue weighted by Gasteiger charge is -2.23. The van der Waals surface area contributed by atoms with E-state index in [0.717, 1.165) is 30.0 Å². The second-order valence-corrected chi connectivity index (χ2v) is 5.58. The van der Waals surface area contributed by atoms with Crippen LogP contribution in [0.1, 0.15) is 45.3 Å². The Kier molecular flexibility index (Phi) is 8.09. The molecule has 0 fully saturated rings. The molecule has 0 aromatic heterocycles. The molecule has 3 nitrogen and oxygen atoms in total. The molecular formula is C18H29NO2. The van der Waals surface area contributed by atoms with Crippen molar-refractivity contribution in [3.8, 4) is 5.75 Å². The van der Waals surface area contributed by atoms with Gasteiger partial charge in [-0.05, 0) is 49.7 Å². The molecule has 1 unspecified atom stereocenters. The van der Waals surface area contributed by atoms with Gasteiger partial charge < -0.3 is 14.7 Å². The van der Waals surface area contributed by atoms with Crippen LogP contribution in [0.15, 0.2) is 36.4 Å². The average molecular weight is 291 g/mol. The predicted octanol–water partition coefficient (Wildman–Crippen LogP) is 3.80. The Labute approximate surface area is 129 Å². The molecule has 0 aliphatic heterocycles. The van der Waals surface area contributed by atoms with E-state index in [1.807, 2.05) is 31.2 Å². The van der Waals surface area contributed by atoms with Crippen LogP contribution in [0.4, 0.5) is 0 Å². The first-order chi connectivity index (χ1) is 10.1. The zero-order chi connectivity index (χ0) is 15.7. The molecule has 0 saturated carbocycles. The highest BCUT2D eigenvalue weighted by Gasteiger charge is 2.12. The first kappa shape index (κ1) is 17.7. The van der Waals surface area contributed by atoms with Crippen molar-refractivity contribution < 1.29 is 9.84 Å². The number of aliphatic hydroxyl groups is 1. The van der Waals surface area contributed by atoms with Gasteiger partial charge in [0.2, 0.25) is 0 Å². The molecular weight excluding hydrogens is 262 g/mol. The average Bonchev–Trinajstić information content (AvgIpc) is 2.49. The van der Waals surface area contributed by atoms with Crippen LogP contribution in [0.3, 0.4) is 0 Å². The number of hydrogen-bond acceptors (Lipinski definition) is 3. The summed E-state index contributed by atoms with van der Waals surface area (Å²) in [6.45, 7) is 13.3. The van der Waals surface area contributed by atoms with Crippen LogP contribution in [-0.2, 0) is 0 Å². The number of likely N-dealkylation sites (N-methyl/N-ethyl adjacent to an activating group) is 1. The van der Waals surface area contributed by atoms with Gasteiger partial charge in [-0.2, -0.15) is 0 Å². The minimum Gasteiger partial charge on any atom is -0.489 e. The van der Waals surface area contributed by atoms with E-state index in [4.69, 9.17) is 4.74 Å². The van der Waals surface area contributed by atoms with Gasteiger partial charge in [0, 0.05) is 6.54 Å². The Bertz CT molecular complexity index is 414. The summed E-state index contributed by atoms with van der Waals surface area (Å²) in [4.78, 5) is 2.29. The van der Waals surface area contributed by atoms with E-state index in [9.17, 15) is 5.11 Å². The summed E-state index contributed by atoms with van der Waals surface area (Å²) in [5.74, 6) is 0.812. The standard InChI is InChI=1S/C18H29NO2/c1-5-7-12-19(6-2)13-18(20)16-8-10-17(11-9-16)21-14-15(3)4/h8-11,18,20H,3,5-7,12-14H2,1-2,4H3. The zero-order valence-corrected chi connectivity index (χ0v) is 13.6. The van der Waals surface area contributed by atoms with Gasteiger partial charge >= 0.3 is 0 Å². The van der Waals surface area contributed by atoms with Crippen LogP contribution >= 0.6 is 0 Å². The van der Waals surface area contributed by atoms with Gasteiger partial charge in [-0.3, -0.25) is 0 Å². The number of hydrogen-bond donors (Lipinski definition) is 1. The van der Waals surface area contributed by atoms with Gasteiger partial charge in [0.25, 0.3) is 0 Å². The lowest BCUT2D eigenvalue weighted by molar-refractivity contribution is 0.115. The van der Waals surface area contributed by atoms with Crippen LogP contribution in [0.2, 0.25) is 0 Å². The number of aliphatic hydroxyl groups excluding tert-OH is 1. The van der Waals surface area contributed by atoms with E-state index in [1.54, 1.807) is 0 Å². The maximum atomic E-state index is 10.3. The summed E-state index contributed by atoms with van der Waals surface area (Å²) in [5, 5.41) is 10.3. The van der Waals surface area contributed by atoms with Gasteiger partial charge in [0.15, 0.2) is 0 Å². The smallest absolute Gasteiger partial charge is 0.119 e. The van der Waals surface area contributed by atoms with Crippen LogP contribution < -0.4 is 4.74 Å². The van der Waals surface area contributed by atoms with Crippen molar-refractivity contribution in [3.63, 3.8) is 0 Å². The van der Waals surface area contributed by atoms with Crippen molar-refractivity contribution in [3.05, 3.63) is 42.0 Å². The highest BCUT2D eigenvalue weighted by Crippen LogP contribution is 2.19. The van der Waals surface area contributed by atoms with Gasteiger partial charge in [0.05, 0.1) is 6.10 Å². The Morgan fingerprint density at radius 2 is 1.95 bits per heavy atom. The van der Waals surface area contributed by atoms with E-state index in [2.05, 4.69) is 25.3 Å². The van der Waals surface area contributed by atoms with Gasteiger partial charge in [-0.15, -0.1) is 0 Å². The number of nitrogens with zero attached hydrogens (tertiary/aromatic N) is 1. The molecule has 1 aromatic carbocycles. The molecule has 0 aliphatic carbocycles.